The largest absolute Gasteiger partial charge is 0.496 e. The first-order valence-electron chi connectivity index (χ1n) is 9.54. The Balaban J connectivity index is 1.87. The summed E-state index contributed by atoms with van der Waals surface area (Å²) in [5.41, 5.74) is 2.63. The van der Waals surface area contributed by atoms with Crippen molar-refractivity contribution in [2.75, 3.05) is 23.5 Å². The molecule has 0 radical (unpaired) electrons. The highest BCUT2D eigenvalue weighted by atomic mass is 19.1. The second-order valence-corrected chi connectivity index (χ2v) is 7.18. The Labute approximate surface area is 173 Å². The topological polar surface area (TPSA) is 63.0 Å². The zero-order valence-electron chi connectivity index (χ0n) is 16.9. The van der Waals surface area contributed by atoms with Gasteiger partial charge in [-0.25, -0.2) is 4.39 Å². The van der Waals surface area contributed by atoms with Crippen LogP contribution >= 0.6 is 0 Å². The van der Waals surface area contributed by atoms with Crippen LogP contribution in [0, 0.1) is 5.82 Å². The van der Waals surface area contributed by atoms with Gasteiger partial charge in [0.1, 0.15) is 11.6 Å². The summed E-state index contributed by atoms with van der Waals surface area (Å²) in [6.45, 7) is 3.71. The number of benzene rings is 2. The number of carbonyl (C=O) groups is 2. The maximum atomic E-state index is 13.6. The van der Waals surface area contributed by atoms with Gasteiger partial charge in [0.15, 0.2) is 5.76 Å². The van der Waals surface area contributed by atoms with Gasteiger partial charge in [-0.15, -0.1) is 0 Å². The summed E-state index contributed by atoms with van der Waals surface area (Å²) in [6.07, 6.45) is 1.45. The molecule has 154 valence electrons. The van der Waals surface area contributed by atoms with E-state index < -0.39 is 5.82 Å². The van der Waals surface area contributed by atoms with Crippen molar-refractivity contribution in [1.29, 1.82) is 0 Å². The van der Waals surface area contributed by atoms with Crippen LogP contribution in [-0.2, 0) is 4.79 Å². The van der Waals surface area contributed by atoms with E-state index in [1.54, 1.807) is 34.1 Å². The standard InChI is InChI=1S/C23H21FN2O4/c1-14-13-25(23(28)21-5-4-10-30-21)20-11-16(6-9-19(20)26(14)15(2)27)18-8-7-17(24)12-22(18)29-3/h4-12,14H,13H2,1-3H3/t14-/m0/s1. The average Bonchev–Trinajstić information content (AvgIpc) is 3.26. The highest BCUT2D eigenvalue weighted by Gasteiger charge is 2.35. The lowest BCUT2D eigenvalue weighted by atomic mass is 9.99. The van der Waals surface area contributed by atoms with E-state index in [-0.39, 0.29) is 23.6 Å². The van der Waals surface area contributed by atoms with Gasteiger partial charge in [0.2, 0.25) is 5.91 Å². The van der Waals surface area contributed by atoms with Crippen molar-refractivity contribution in [1.82, 2.24) is 0 Å². The number of methoxy groups -OCH3 is 1. The van der Waals surface area contributed by atoms with Crippen LogP contribution in [0.1, 0.15) is 24.4 Å². The summed E-state index contributed by atoms with van der Waals surface area (Å²) in [5, 5.41) is 0. The lowest BCUT2D eigenvalue weighted by Crippen LogP contribution is -2.51. The first-order valence-corrected chi connectivity index (χ1v) is 9.54. The first kappa shape index (κ1) is 19.7. The third-order valence-electron chi connectivity index (χ3n) is 5.20. The van der Waals surface area contributed by atoms with Crippen molar-refractivity contribution < 1.29 is 23.1 Å². The van der Waals surface area contributed by atoms with E-state index >= 15 is 0 Å². The molecule has 0 spiro atoms. The molecular formula is C23H21FN2O4. The minimum Gasteiger partial charge on any atom is -0.496 e. The van der Waals surface area contributed by atoms with E-state index in [0.29, 0.717) is 29.2 Å². The molecule has 1 atom stereocenters. The van der Waals surface area contributed by atoms with Gasteiger partial charge in [0.25, 0.3) is 5.91 Å². The molecule has 1 aromatic heterocycles. The molecule has 0 saturated carbocycles. The molecule has 0 bridgehead atoms. The molecular weight excluding hydrogens is 387 g/mol. The van der Waals surface area contributed by atoms with Gasteiger partial charge in [0.05, 0.1) is 30.8 Å². The number of nitrogens with zero attached hydrogens (tertiary/aromatic N) is 2. The Morgan fingerprint density at radius 2 is 1.93 bits per heavy atom. The first-order chi connectivity index (χ1) is 14.4. The molecule has 2 heterocycles. The Bertz CT molecular complexity index is 1110. The summed E-state index contributed by atoms with van der Waals surface area (Å²) in [4.78, 5) is 28.7. The molecule has 6 nitrogen and oxygen atoms in total. The van der Waals surface area contributed by atoms with Crippen molar-refractivity contribution >= 4 is 23.2 Å². The smallest absolute Gasteiger partial charge is 0.294 e. The molecule has 2 aromatic carbocycles. The molecule has 0 saturated heterocycles. The van der Waals surface area contributed by atoms with Crippen molar-refractivity contribution in [3.8, 4) is 16.9 Å². The maximum absolute atomic E-state index is 13.6. The summed E-state index contributed by atoms with van der Waals surface area (Å²) in [6, 6.07) is 12.8. The fraction of sp³-hybridized carbons (Fsp3) is 0.217. The fourth-order valence-corrected chi connectivity index (χ4v) is 3.90. The molecule has 0 fully saturated rings. The second-order valence-electron chi connectivity index (χ2n) is 7.18. The molecule has 4 rings (SSSR count). The normalized spacial score (nSPS) is 15.7. The van der Waals surface area contributed by atoms with Crippen LogP contribution in [0.3, 0.4) is 0 Å². The number of hydrogen-bond donors (Lipinski definition) is 0. The minimum atomic E-state index is -0.403. The van der Waals surface area contributed by atoms with E-state index in [9.17, 15) is 14.0 Å². The third kappa shape index (κ3) is 3.32. The highest BCUT2D eigenvalue weighted by Crippen LogP contribution is 2.41. The number of fused-ring (bicyclic) bond motifs is 1. The van der Waals surface area contributed by atoms with Gasteiger partial charge in [-0.2, -0.15) is 0 Å². The Hall–Kier alpha value is -3.61. The quantitative estimate of drug-likeness (QED) is 0.640. The van der Waals surface area contributed by atoms with Crippen LogP contribution < -0.4 is 14.5 Å². The van der Waals surface area contributed by atoms with Gasteiger partial charge in [-0.3, -0.25) is 9.59 Å². The summed E-state index contributed by atoms with van der Waals surface area (Å²) < 4.78 is 24.3. The van der Waals surface area contributed by atoms with Crippen molar-refractivity contribution in [2.45, 2.75) is 19.9 Å². The predicted molar refractivity (Wildman–Crippen MR) is 111 cm³/mol. The molecule has 0 unspecified atom stereocenters. The van der Waals surface area contributed by atoms with Gasteiger partial charge >= 0.3 is 0 Å². The monoisotopic (exact) mass is 408 g/mol. The zero-order valence-corrected chi connectivity index (χ0v) is 16.9. The van der Waals surface area contributed by atoms with Crippen LogP contribution in [0.2, 0.25) is 0 Å². The third-order valence-corrected chi connectivity index (χ3v) is 5.20. The van der Waals surface area contributed by atoms with Crippen LogP contribution in [0.4, 0.5) is 15.8 Å². The molecule has 0 N–H and O–H groups in total. The Morgan fingerprint density at radius 1 is 1.13 bits per heavy atom. The van der Waals surface area contributed by atoms with Crippen molar-refractivity contribution in [3.05, 3.63) is 66.4 Å². The molecule has 2 amide bonds. The van der Waals surface area contributed by atoms with Crippen LogP contribution in [-0.4, -0.2) is 31.5 Å². The maximum Gasteiger partial charge on any atom is 0.294 e. The molecule has 1 aliphatic rings. The minimum absolute atomic E-state index is 0.110. The van der Waals surface area contributed by atoms with E-state index in [0.717, 1.165) is 5.56 Å². The molecule has 3 aromatic rings. The molecule has 30 heavy (non-hydrogen) atoms. The van der Waals surface area contributed by atoms with Gasteiger partial charge in [-0.1, -0.05) is 6.07 Å². The Morgan fingerprint density at radius 3 is 2.60 bits per heavy atom. The van der Waals surface area contributed by atoms with Crippen molar-refractivity contribution in [2.24, 2.45) is 0 Å². The highest BCUT2D eigenvalue weighted by molar-refractivity contribution is 6.10. The van der Waals surface area contributed by atoms with E-state index in [4.69, 9.17) is 9.15 Å². The lowest BCUT2D eigenvalue weighted by molar-refractivity contribution is -0.117. The number of furan rings is 1. The molecule has 1 aliphatic heterocycles. The number of hydrogen-bond acceptors (Lipinski definition) is 4. The number of rotatable bonds is 3. The van der Waals surface area contributed by atoms with Gasteiger partial charge in [0, 0.05) is 25.1 Å². The van der Waals surface area contributed by atoms with Crippen LogP contribution in [0.25, 0.3) is 11.1 Å². The SMILES string of the molecule is COc1cc(F)ccc1-c1ccc2c(c1)N(C(=O)c1ccco1)C[C@H](C)N2C(C)=O. The number of halogens is 1. The van der Waals surface area contributed by atoms with Gasteiger partial charge in [-0.05, 0) is 48.9 Å². The molecule has 7 heteroatoms. The lowest BCUT2D eigenvalue weighted by Gasteiger charge is -2.40. The van der Waals surface area contributed by atoms with E-state index in [1.165, 1.54) is 32.4 Å². The van der Waals surface area contributed by atoms with Crippen LogP contribution in [0.5, 0.6) is 5.75 Å². The number of amides is 2. The van der Waals surface area contributed by atoms with Gasteiger partial charge < -0.3 is 19.0 Å². The van der Waals surface area contributed by atoms with E-state index in [1.807, 2.05) is 19.1 Å². The predicted octanol–water partition coefficient (Wildman–Crippen LogP) is 4.50. The second kappa shape index (κ2) is 7.67. The number of ether oxygens (including phenoxy) is 1. The molecule has 0 aliphatic carbocycles. The average molecular weight is 408 g/mol. The summed E-state index contributed by atoms with van der Waals surface area (Å²) >= 11 is 0. The van der Waals surface area contributed by atoms with E-state index in [2.05, 4.69) is 0 Å². The van der Waals surface area contributed by atoms with Crippen molar-refractivity contribution in [3.63, 3.8) is 0 Å². The summed E-state index contributed by atoms with van der Waals surface area (Å²) in [5.74, 6) is -0.207. The number of anilines is 2. The Kier molecular flexibility index (Phi) is 5.03. The number of carbonyl (C=O) groups excluding carboxylic acids is 2. The summed E-state index contributed by atoms with van der Waals surface area (Å²) in [7, 11) is 1.47. The van der Waals surface area contributed by atoms with Crippen LogP contribution in [0.15, 0.2) is 59.2 Å². The fourth-order valence-electron chi connectivity index (χ4n) is 3.90. The zero-order chi connectivity index (χ0) is 21.4.